The molecule has 0 atom stereocenters. The lowest BCUT2D eigenvalue weighted by Crippen LogP contribution is -2.06. The summed E-state index contributed by atoms with van der Waals surface area (Å²) in [5, 5.41) is 0. The molecule has 88 valence electrons. The zero-order valence-electron chi connectivity index (χ0n) is 9.52. The SMILES string of the molecule is CCOCCCC(=O)OCc1ccccn1. The van der Waals surface area contributed by atoms with Crippen molar-refractivity contribution in [1.29, 1.82) is 0 Å². The lowest BCUT2D eigenvalue weighted by atomic mass is 10.3. The third-order valence-electron chi connectivity index (χ3n) is 1.98. The molecule has 0 N–H and O–H groups in total. The minimum Gasteiger partial charge on any atom is -0.459 e. The van der Waals surface area contributed by atoms with E-state index in [-0.39, 0.29) is 12.6 Å². The molecule has 0 unspecified atom stereocenters. The predicted octanol–water partition coefficient (Wildman–Crippen LogP) is 1.94. The van der Waals surface area contributed by atoms with E-state index in [0.717, 1.165) is 5.69 Å². The Kier molecular flexibility index (Phi) is 6.18. The molecule has 0 saturated heterocycles. The average Bonchev–Trinajstić information content (AvgIpc) is 2.33. The molecule has 0 aliphatic heterocycles. The molecule has 0 radical (unpaired) electrons. The van der Waals surface area contributed by atoms with Crippen molar-refractivity contribution in [3.8, 4) is 0 Å². The van der Waals surface area contributed by atoms with Crippen LogP contribution >= 0.6 is 0 Å². The van der Waals surface area contributed by atoms with Crippen LogP contribution in [0.1, 0.15) is 25.5 Å². The van der Waals surface area contributed by atoms with Crippen molar-refractivity contribution in [1.82, 2.24) is 4.98 Å². The van der Waals surface area contributed by atoms with E-state index >= 15 is 0 Å². The molecule has 0 bridgehead atoms. The van der Waals surface area contributed by atoms with Gasteiger partial charge in [0.05, 0.1) is 5.69 Å². The fourth-order valence-corrected chi connectivity index (χ4v) is 1.17. The van der Waals surface area contributed by atoms with Gasteiger partial charge in [-0.15, -0.1) is 0 Å². The van der Waals surface area contributed by atoms with Crippen LogP contribution in [0.25, 0.3) is 0 Å². The van der Waals surface area contributed by atoms with Crippen LogP contribution in [-0.4, -0.2) is 24.2 Å². The second-order valence-corrected chi connectivity index (χ2v) is 3.28. The Hall–Kier alpha value is -1.42. The van der Waals surface area contributed by atoms with Gasteiger partial charge >= 0.3 is 5.97 Å². The number of hydrogen-bond acceptors (Lipinski definition) is 4. The highest BCUT2D eigenvalue weighted by Crippen LogP contribution is 1.99. The van der Waals surface area contributed by atoms with Crippen LogP contribution < -0.4 is 0 Å². The third kappa shape index (κ3) is 5.46. The van der Waals surface area contributed by atoms with Crippen molar-refractivity contribution in [2.24, 2.45) is 0 Å². The molecule has 0 aliphatic rings. The maximum Gasteiger partial charge on any atom is 0.306 e. The molecule has 0 spiro atoms. The highest BCUT2D eigenvalue weighted by Gasteiger charge is 2.03. The van der Waals surface area contributed by atoms with E-state index in [9.17, 15) is 4.79 Å². The second kappa shape index (κ2) is 7.82. The Labute approximate surface area is 95.6 Å². The number of carbonyl (C=O) groups is 1. The van der Waals surface area contributed by atoms with Crippen molar-refractivity contribution >= 4 is 5.97 Å². The van der Waals surface area contributed by atoms with E-state index in [4.69, 9.17) is 9.47 Å². The smallest absolute Gasteiger partial charge is 0.306 e. The average molecular weight is 223 g/mol. The Morgan fingerprint density at radius 1 is 1.44 bits per heavy atom. The summed E-state index contributed by atoms with van der Waals surface area (Å²) in [6.45, 7) is 3.46. The molecule has 4 heteroatoms. The zero-order valence-corrected chi connectivity index (χ0v) is 9.52. The number of hydrogen-bond donors (Lipinski definition) is 0. The van der Waals surface area contributed by atoms with E-state index in [1.54, 1.807) is 6.20 Å². The molecule has 0 aliphatic carbocycles. The summed E-state index contributed by atoms with van der Waals surface area (Å²) in [6, 6.07) is 5.52. The zero-order chi connectivity index (χ0) is 11.6. The molecule has 0 fully saturated rings. The minimum absolute atomic E-state index is 0.203. The van der Waals surface area contributed by atoms with Gasteiger partial charge in [0.2, 0.25) is 0 Å². The molecule has 1 rings (SSSR count). The second-order valence-electron chi connectivity index (χ2n) is 3.28. The standard InChI is InChI=1S/C12H17NO3/c1-2-15-9-5-7-12(14)16-10-11-6-3-4-8-13-11/h3-4,6,8H,2,5,7,9-10H2,1H3. The lowest BCUT2D eigenvalue weighted by Gasteiger charge is -2.04. The Balaban J connectivity index is 2.11. The van der Waals surface area contributed by atoms with Crippen molar-refractivity contribution in [2.75, 3.05) is 13.2 Å². The molecular formula is C12H17NO3. The van der Waals surface area contributed by atoms with Crippen LogP contribution in [0.15, 0.2) is 24.4 Å². The molecule has 0 amide bonds. The summed E-state index contributed by atoms with van der Waals surface area (Å²) in [7, 11) is 0. The van der Waals surface area contributed by atoms with E-state index in [0.29, 0.717) is 26.1 Å². The van der Waals surface area contributed by atoms with E-state index < -0.39 is 0 Å². The van der Waals surface area contributed by atoms with Crippen LogP contribution in [0.5, 0.6) is 0 Å². The van der Waals surface area contributed by atoms with Gasteiger partial charge < -0.3 is 9.47 Å². The number of esters is 1. The Morgan fingerprint density at radius 2 is 2.31 bits per heavy atom. The van der Waals surface area contributed by atoms with Crippen molar-refractivity contribution in [3.05, 3.63) is 30.1 Å². The van der Waals surface area contributed by atoms with Gasteiger partial charge in [0.1, 0.15) is 6.61 Å². The fraction of sp³-hybridized carbons (Fsp3) is 0.500. The molecule has 1 heterocycles. The first-order chi connectivity index (χ1) is 7.83. The van der Waals surface area contributed by atoms with Gasteiger partial charge in [0, 0.05) is 25.8 Å². The first-order valence-electron chi connectivity index (χ1n) is 5.46. The normalized spacial score (nSPS) is 10.1. The summed E-state index contributed by atoms with van der Waals surface area (Å²) < 4.78 is 10.2. The highest BCUT2D eigenvalue weighted by molar-refractivity contribution is 5.69. The van der Waals surface area contributed by atoms with Gasteiger partial charge in [-0.3, -0.25) is 9.78 Å². The van der Waals surface area contributed by atoms with Crippen LogP contribution in [0, 0.1) is 0 Å². The summed E-state index contributed by atoms with van der Waals surface area (Å²) >= 11 is 0. The molecule has 16 heavy (non-hydrogen) atoms. The van der Waals surface area contributed by atoms with Crippen molar-refractivity contribution in [3.63, 3.8) is 0 Å². The van der Waals surface area contributed by atoms with Gasteiger partial charge in [-0.1, -0.05) is 6.07 Å². The third-order valence-corrected chi connectivity index (χ3v) is 1.98. The summed E-state index contributed by atoms with van der Waals surface area (Å²) in [5.41, 5.74) is 0.764. The highest BCUT2D eigenvalue weighted by atomic mass is 16.5. The molecule has 4 nitrogen and oxygen atoms in total. The van der Waals surface area contributed by atoms with Crippen molar-refractivity contribution < 1.29 is 14.3 Å². The molecule has 1 aromatic rings. The van der Waals surface area contributed by atoms with Crippen LogP contribution in [0.4, 0.5) is 0 Å². The summed E-state index contributed by atoms with van der Waals surface area (Å²) in [5.74, 6) is -0.203. The number of aromatic nitrogens is 1. The number of ether oxygens (including phenoxy) is 2. The van der Waals surface area contributed by atoms with Gasteiger partial charge in [0.15, 0.2) is 0 Å². The number of nitrogens with zero attached hydrogens (tertiary/aromatic N) is 1. The molecule has 0 aromatic carbocycles. The Bertz CT molecular complexity index is 300. The fourth-order valence-electron chi connectivity index (χ4n) is 1.17. The number of pyridine rings is 1. The lowest BCUT2D eigenvalue weighted by molar-refractivity contribution is -0.145. The van der Waals surface area contributed by atoms with Crippen LogP contribution in [0.2, 0.25) is 0 Å². The molecular weight excluding hydrogens is 206 g/mol. The van der Waals surface area contributed by atoms with Gasteiger partial charge in [-0.25, -0.2) is 0 Å². The topological polar surface area (TPSA) is 48.4 Å². The minimum atomic E-state index is -0.203. The van der Waals surface area contributed by atoms with Gasteiger partial charge in [-0.2, -0.15) is 0 Å². The summed E-state index contributed by atoms with van der Waals surface area (Å²) in [6.07, 6.45) is 2.78. The predicted molar refractivity (Wildman–Crippen MR) is 59.8 cm³/mol. The quantitative estimate of drug-likeness (QED) is 0.523. The van der Waals surface area contributed by atoms with E-state index in [1.807, 2.05) is 25.1 Å². The largest absolute Gasteiger partial charge is 0.459 e. The van der Waals surface area contributed by atoms with Crippen LogP contribution in [0.3, 0.4) is 0 Å². The maximum atomic E-state index is 11.3. The monoisotopic (exact) mass is 223 g/mol. The van der Waals surface area contributed by atoms with E-state index in [2.05, 4.69) is 4.98 Å². The number of rotatable bonds is 7. The molecule has 0 saturated carbocycles. The first kappa shape index (κ1) is 12.6. The molecule has 1 aromatic heterocycles. The number of carbonyl (C=O) groups excluding carboxylic acids is 1. The maximum absolute atomic E-state index is 11.3. The van der Waals surface area contributed by atoms with Gasteiger partial charge in [-0.05, 0) is 25.5 Å². The van der Waals surface area contributed by atoms with E-state index in [1.165, 1.54) is 0 Å². The van der Waals surface area contributed by atoms with Gasteiger partial charge in [0.25, 0.3) is 0 Å². The van der Waals surface area contributed by atoms with Crippen molar-refractivity contribution in [2.45, 2.75) is 26.4 Å². The first-order valence-corrected chi connectivity index (χ1v) is 5.46. The summed E-state index contributed by atoms with van der Waals surface area (Å²) in [4.78, 5) is 15.3. The Morgan fingerprint density at radius 3 is 3.00 bits per heavy atom. The van der Waals surface area contributed by atoms with Crippen LogP contribution in [-0.2, 0) is 20.9 Å².